The van der Waals surface area contributed by atoms with Crippen molar-refractivity contribution in [3.05, 3.63) is 33.3 Å². The third-order valence-electron chi connectivity index (χ3n) is 2.62. The second-order valence-corrected chi connectivity index (χ2v) is 7.14. The van der Waals surface area contributed by atoms with Gasteiger partial charge in [-0.05, 0) is 30.7 Å². The first-order valence-electron chi connectivity index (χ1n) is 5.47. The van der Waals surface area contributed by atoms with Crippen molar-refractivity contribution in [1.29, 1.82) is 0 Å². The highest BCUT2D eigenvalue weighted by Crippen LogP contribution is 2.21. The smallest absolute Gasteiger partial charge is 0.0462 e. The van der Waals surface area contributed by atoms with E-state index in [2.05, 4.69) is 21.2 Å². The van der Waals surface area contributed by atoms with Gasteiger partial charge in [-0.15, -0.1) is 0 Å². The van der Waals surface area contributed by atoms with Gasteiger partial charge in [-0.25, -0.2) is 0 Å². The number of halogens is 2. The van der Waals surface area contributed by atoms with E-state index < -0.39 is 10.8 Å². The SMILES string of the molecule is CC(CCNCc1ccc(Br)cc1Cl)S(C)=O. The van der Waals surface area contributed by atoms with E-state index in [0.717, 1.165) is 34.6 Å². The summed E-state index contributed by atoms with van der Waals surface area (Å²) in [4.78, 5) is 0. The molecule has 2 nitrogen and oxygen atoms in total. The molecule has 0 fully saturated rings. The van der Waals surface area contributed by atoms with Crippen LogP contribution in [0.5, 0.6) is 0 Å². The summed E-state index contributed by atoms with van der Waals surface area (Å²) in [6.07, 6.45) is 2.66. The van der Waals surface area contributed by atoms with Crippen molar-refractivity contribution >= 4 is 38.3 Å². The van der Waals surface area contributed by atoms with Crippen LogP contribution in [0.25, 0.3) is 0 Å². The zero-order valence-corrected chi connectivity index (χ0v) is 13.2. The molecule has 2 unspecified atom stereocenters. The Balaban J connectivity index is 2.34. The first kappa shape index (κ1) is 15.2. The highest BCUT2D eigenvalue weighted by molar-refractivity contribution is 9.10. The fraction of sp³-hybridized carbons (Fsp3) is 0.500. The molecular weight excluding hydrogens is 322 g/mol. The summed E-state index contributed by atoms with van der Waals surface area (Å²) in [7, 11) is -0.738. The molecule has 0 aromatic heterocycles. The summed E-state index contributed by atoms with van der Waals surface area (Å²) in [6.45, 7) is 3.60. The van der Waals surface area contributed by atoms with Crippen molar-refractivity contribution in [2.45, 2.75) is 25.1 Å². The molecule has 0 bridgehead atoms. The lowest BCUT2D eigenvalue weighted by Crippen LogP contribution is -2.21. The predicted octanol–water partition coefficient (Wildman–Crippen LogP) is 3.35. The molecule has 0 aliphatic carbocycles. The first-order chi connectivity index (χ1) is 8.00. The molecule has 0 radical (unpaired) electrons. The minimum absolute atomic E-state index is 0.239. The molecule has 2 atom stereocenters. The minimum atomic E-state index is -0.738. The summed E-state index contributed by atoms with van der Waals surface area (Å²) in [5.41, 5.74) is 1.08. The van der Waals surface area contributed by atoms with Gasteiger partial charge >= 0.3 is 0 Å². The van der Waals surface area contributed by atoms with Gasteiger partial charge in [0.25, 0.3) is 0 Å². The second-order valence-electron chi connectivity index (χ2n) is 4.01. The van der Waals surface area contributed by atoms with Crippen molar-refractivity contribution in [3.63, 3.8) is 0 Å². The summed E-state index contributed by atoms with van der Waals surface area (Å²) >= 11 is 9.48. The van der Waals surface area contributed by atoms with Crippen molar-refractivity contribution < 1.29 is 4.21 Å². The van der Waals surface area contributed by atoms with Gasteiger partial charge in [0.05, 0.1) is 0 Å². The van der Waals surface area contributed by atoms with Crippen LogP contribution in [0.1, 0.15) is 18.9 Å². The van der Waals surface area contributed by atoms with Crippen LogP contribution in [0, 0.1) is 0 Å². The van der Waals surface area contributed by atoms with Crippen LogP contribution < -0.4 is 5.32 Å². The third kappa shape index (κ3) is 5.51. The molecule has 0 saturated heterocycles. The molecule has 1 rings (SSSR count). The van der Waals surface area contributed by atoms with Gasteiger partial charge in [-0.2, -0.15) is 0 Å². The van der Waals surface area contributed by atoms with Crippen LogP contribution in [0.3, 0.4) is 0 Å². The number of hydrogen-bond acceptors (Lipinski definition) is 2. The Hall–Kier alpha value is 0.1000. The fourth-order valence-corrected chi connectivity index (χ4v) is 2.55. The van der Waals surface area contributed by atoms with E-state index in [1.807, 2.05) is 25.1 Å². The minimum Gasteiger partial charge on any atom is -0.313 e. The average Bonchev–Trinajstić information content (AvgIpc) is 2.26. The summed E-state index contributed by atoms with van der Waals surface area (Å²) in [6, 6.07) is 5.87. The Labute approximate surface area is 119 Å². The molecule has 5 heteroatoms. The van der Waals surface area contributed by atoms with Crippen LogP contribution in [0.4, 0.5) is 0 Å². The summed E-state index contributed by atoms with van der Waals surface area (Å²) in [5.74, 6) is 0. The highest BCUT2D eigenvalue weighted by atomic mass is 79.9. The molecule has 0 aliphatic heterocycles. The number of hydrogen-bond donors (Lipinski definition) is 1. The maximum absolute atomic E-state index is 11.2. The number of nitrogens with one attached hydrogen (secondary N) is 1. The van der Waals surface area contributed by atoms with Gasteiger partial charge in [0.2, 0.25) is 0 Å². The Morgan fingerprint density at radius 3 is 2.82 bits per heavy atom. The zero-order valence-electron chi connectivity index (χ0n) is 10.0. The van der Waals surface area contributed by atoms with Crippen LogP contribution in [-0.4, -0.2) is 22.3 Å². The normalized spacial score (nSPS) is 14.6. The maximum atomic E-state index is 11.2. The Bertz CT molecular complexity index is 400. The summed E-state index contributed by atoms with van der Waals surface area (Å²) in [5, 5.41) is 4.32. The Morgan fingerprint density at radius 2 is 2.24 bits per heavy atom. The quantitative estimate of drug-likeness (QED) is 0.806. The topological polar surface area (TPSA) is 29.1 Å². The standard InChI is InChI=1S/C12H17BrClNOS/c1-9(17(2)16)5-6-15-8-10-3-4-11(13)7-12(10)14/h3-4,7,9,15H,5-6,8H2,1-2H3. The van der Waals surface area contributed by atoms with Gasteiger partial charge in [0.1, 0.15) is 0 Å². The van der Waals surface area contributed by atoms with Gasteiger partial charge in [0, 0.05) is 38.3 Å². The van der Waals surface area contributed by atoms with E-state index in [1.54, 1.807) is 6.26 Å². The molecule has 0 aliphatic rings. The summed E-state index contributed by atoms with van der Waals surface area (Å²) < 4.78 is 12.1. The Morgan fingerprint density at radius 1 is 1.53 bits per heavy atom. The molecule has 0 amide bonds. The number of benzene rings is 1. The molecular formula is C12H17BrClNOS. The lowest BCUT2D eigenvalue weighted by Gasteiger charge is -2.10. The van der Waals surface area contributed by atoms with E-state index in [0.29, 0.717) is 0 Å². The lowest BCUT2D eigenvalue weighted by atomic mass is 10.2. The fourth-order valence-electron chi connectivity index (χ4n) is 1.36. The molecule has 96 valence electrons. The largest absolute Gasteiger partial charge is 0.313 e. The second kappa shape index (κ2) is 7.52. The molecule has 1 aromatic carbocycles. The van der Waals surface area contributed by atoms with Gasteiger partial charge in [0.15, 0.2) is 0 Å². The molecule has 0 saturated carbocycles. The molecule has 0 spiro atoms. The van der Waals surface area contributed by atoms with Gasteiger partial charge in [-0.1, -0.05) is 40.5 Å². The van der Waals surface area contributed by atoms with E-state index in [9.17, 15) is 4.21 Å². The predicted molar refractivity (Wildman–Crippen MR) is 79.0 cm³/mol. The van der Waals surface area contributed by atoms with E-state index >= 15 is 0 Å². The van der Waals surface area contributed by atoms with E-state index in [4.69, 9.17) is 11.6 Å². The Kier molecular flexibility index (Phi) is 6.70. The van der Waals surface area contributed by atoms with E-state index in [-0.39, 0.29) is 5.25 Å². The van der Waals surface area contributed by atoms with Crippen molar-refractivity contribution in [2.24, 2.45) is 0 Å². The maximum Gasteiger partial charge on any atom is 0.0462 e. The van der Waals surface area contributed by atoms with Gasteiger partial charge < -0.3 is 5.32 Å². The van der Waals surface area contributed by atoms with Crippen molar-refractivity contribution in [3.8, 4) is 0 Å². The third-order valence-corrected chi connectivity index (χ3v) is 4.84. The highest BCUT2D eigenvalue weighted by Gasteiger charge is 2.05. The van der Waals surface area contributed by atoms with Gasteiger partial charge in [-0.3, -0.25) is 4.21 Å². The zero-order chi connectivity index (χ0) is 12.8. The van der Waals surface area contributed by atoms with Crippen LogP contribution in [-0.2, 0) is 17.3 Å². The monoisotopic (exact) mass is 337 g/mol. The van der Waals surface area contributed by atoms with Crippen molar-refractivity contribution in [2.75, 3.05) is 12.8 Å². The molecule has 1 N–H and O–H groups in total. The number of rotatable bonds is 6. The van der Waals surface area contributed by atoms with Crippen LogP contribution >= 0.6 is 27.5 Å². The van der Waals surface area contributed by atoms with Crippen molar-refractivity contribution in [1.82, 2.24) is 5.32 Å². The average molecular weight is 339 g/mol. The molecule has 1 aromatic rings. The van der Waals surface area contributed by atoms with Crippen LogP contribution in [0.15, 0.2) is 22.7 Å². The molecule has 0 heterocycles. The molecule has 17 heavy (non-hydrogen) atoms. The van der Waals surface area contributed by atoms with Crippen LogP contribution in [0.2, 0.25) is 5.02 Å². The first-order valence-corrected chi connectivity index (χ1v) is 8.27. The lowest BCUT2D eigenvalue weighted by molar-refractivity contribution is 0.629. The van der Waals surface area contributed by atoms with E-state index in [1.165, 1.54) is 0 Å².